The molecule has 0 unspecified atom stereocenters. The SMILES string of the molecule is O=C(O)c1ccc(CCN2C(=O)CC[C@@H]2C=CC=C2CCCCC2)cc1. The van der Waals surface area contributed by atoms with Crippen molar-refractivity contribution >= 4 is 11.9 Å². The first-order valence-corrected chi connectivity index (χ1v) is 9.61. The molecule has 3 rings (SSSR count). The molecule has 1 heterocycles. The molecule has 1 aromatic rings. The van der Waals surface area contributed by atoms with Gasteiger partial charge in [0.15, 0.2) is 0 Å². The van der Waals surface area contributed by atoms with Crippen molar-refractivity contribution in [3.63, 3.8) is 0 Å². The van der Waals surface area contributed by atoms with Crippen molar-refractivity contribution < 1.29 is 14.7 Å². The molecule has 26 heavy (non-hydrogen) atoms. The molecule has 1 amide bonds. The molecule has 4 heteroatoms. The van der Waals surface area contributed by atoms with Gasteiger partial charge in [-0.05, 0) is 56.2 Å². The summed E-state index contributed by atoms with van der Waals surface area (Å²) in [6.07, 6.45) is 15.2. The molecule has 2 fully saturated rings. The Kier molecular flexibility index (Phi) is 6.26. The van der Waals surface area contributed by atoms with E-state index in [0.717, 1.165) is 18.4 Å². The molecule has 0 aromatic heterocycles. The van der Waals surface area contributed by atoms with Crippen LogP contribution in [-0.4, -0.2) is 34.5 Å². The van der Waals surface area contributed by atoms with Crippen LogP contribution in [0.1, 0.15) is 60.9 Å². The Morgan fingerprint density at radius 1 is 1.12 bits per heavy atom. The number of rotatable bonds is 6. The summed E-state index contributed by atoms with van der Waals surface area (Å²) in [7, 11) is 0. The number of benzene rings is 1. The van der Waals surface area contributed by atoms with E-state index in [1.807, 2.05) is 17.0 Å². The van der Waals surface area contributed by atoms with Crippen LogP contribution in [0.25, 0.3) is 0 Å². The lowest BCUT2D eigenvalue weighted by Crippen LogP contribution is -2.33. The minimum Gasteiger partial charge on any atom is -0.478 e. The molecule has 138 valence electrons. The summed E-state index contributed by atoms with van der Waals surface area (Å²) in [5.41, 5.74) is 2.88. The first-order chi connectivity index (χ1) is 12.6. The van der Waals surface area contributed by atoms with Gasteiger partial charge in [0.25, 0.3) is 0 Å². The van der Waals surface area contributed by atoms with Gasteiger partial charge < -0.3 is 10.0 Å². The lowest BCUT2D eigenvalue weighted by molar-refractivity contribution is -0.128. The fraction of sp³-hybridized carbons (Fsp3) is 0.455. The zero-order valence-electron chi connectivity index (χ0n) is 15.2. The Morgan fingerprint density at radius 2 is 1.85 bits per heavy atom. The summed E-state index contributed by atoms with van der Waals surface area (Å²) in [4.78, 5) is 25.1. The summed E-state index contributed by atoms with van der Waals surface area (Å²) in [5.74, 6) is -0.698. The maximum absolute atomic E-state index is 12.2. The average Bonchev–Trinajstić information content (AvgIpc) is 3.01. The Balaban J connectivity index is 1.56. The number of nitrogens with zero attached hydrogens (tertiary/aromatic N) is 1. The highest BCUT2D eigenvalue weighted by atomic mass is 16.4. The number of hydrogen-bond donors (Lipinski definition) is 1. The molecule has 4 nitrogen and oxygen atoms in total. The van der Waals surface area contributed by atoms with Crippen LogP contribution in [0.2, 0.25) is 0 Å². The van der Waals surface area contributed by atoms with Crippen molar-refractivity contribution in [2.45, 2.75) is 57.4 Å². The van der Waals surface area contributed by atoms with Gasteiger partial charge in [-0.3, -0.25) is 4.79 Å². The Hall–Kier alpha value is -2.36. The van der Waals surface area contributed by atoms with Gasteiger partial charge in [-0.1, -0.05) is 42.4 Å². The van der Waals surface area contributed by atoms with Crippen molar-refractivity contribution in [1.82, 2.24) is 4.90 Å². The summed E-state index contributed by atoms with van der Waals surface area (Å²) < 4.78 is 0. The van der Waals surface area contributed by atoms with Crippen LogP contribution in [0.4, 0.5) is 0 Å². The largest absolute Gasteiger partial charge is 0.478 e. The fourth-order valence-electron chi connectivity index (χ4n) is 3.80. The first kappa shape index (κ1) is 18.4. The predicted octanol–water partition coefficient (Wildman–Crippen LogP) is 4.37. The highest BCUT2D eigenvalue weighted by molar-refractivity contribution is 5.87. The minimum atomic E-state index is -0.913. The van der Waals surface area contributed by atoms with Gasteiger partial charge in [-0.25, -0.2) is 4.79 Å². The van der Waals surface area contributed by atoms with Crippen LogP contribution >= 0.6 is 0 Å². The second kappa shape index (κ2) is 8.84. The zero-order valence-corrected chi connectivity index (χ0v) is 15.2. The molecule has 1 aromatic carbocycles. The molecule has 1 saturated carbocycles. The maximum atomic E-state index is 12.2. The van der Waals surface area contributed by atoms with E-state index in [-0.39, 0.29) is 11.9 Å². The molecule has 1 atom stereocenters. The van der Waals surface area contributed by atoms with Crippen LogP contribution < -0.4 is 0 Å². The second-order valence-electron chi connectivity index (χ2n) is 7.22. The normalized spacial score (nSPS) is 20.8. The lowest BCUT2D eigenvalue weighted by Gasteiger charge is -2.22. The summed E-state index contributed by atoms with van der Waals surface area (Å²) in [6, 6.07) is 7.10. The highest BCUT2D eigenvalue weighted by Gasteiger charge is 2.28. The molecule has 1 saturated heterocycles. The van der Waals surface area contributed by atoms with E-state index >= 15 is 0 Å². The third-order valence-electron chi connectivity index (χ3n) is 5.38. The summed E-state index contributed by atoms with van der Waals surface area (Å²) in [6.45, 7) is 0.677. The number of allylic oxidation sites excluding steroid dienone is 3. The number of hydrogen-bond acceptors (Lipinski definition) is 2. The van der Waals surface area contributed by atoms with E-state index in [4.69, 9.17) is 5.11 Å². The van der Waals surface area contributed by atoms with Gasteiger partial charge in [-0.15, -0.1) is 0 Å². The average molecular weight is 353 g/mol. The molecular formula is C22H27NO3. The molecular weight excluding hydrogens is 326 g/mol. The van der Waals surface area contributed by atoms with E-state index in [1.54, 1.807) is 12.1 Å². The molecule has 0 bridgehead atoms. The van der Waals surface area contributed by atoms with E-state index in [2.05, 4.69) is 18.2 Å². The van der Waals surface area contributed by atoms with Crippen LogP contribution in [0.3, 0.4) is 0 Å². The molecule has 1 aliphatic carbocycles. The summed E-state index contributed by atoms with van der Waals surface area (Å²) in [5, 5.41) is 8.96. The van der Waals surface area contributed by atoms with Crippen molar-refractivity contribution in [2.24, 2.45) is 0 Å². The maximum Gasteiger partial charge on any atom is 0.335 e. The van der Waals surface area contributed by atoms with Gasteiger partial charge in [0.05, 0.1) is 11.6 Å². The number of carbonyl (C=O) groups excluding carboxylic acids is 1. The van der Waals surface area contributed by atoms with E-state index < -0.39 is 5.97 Å². The Bertz CT molecular complexity index is 695. The standard InChI is InChI=1S/C22H27NO3/c24-21-14-13-20(8-4-7-17-5-2-1-3-6-17)23(21)16-15-18-9-11-19(12-10-18)22(25)26/h4,7-12,20H,1-3,5-6,13-16H2,(H,25,26)/t20-/m0/s1. The predicted molar refractivity (Wildman–Crippen MR) is 102 cm³/mol. The molecule has 1 aliphatic heterocycles. The van der Waals surface area contributed by atoms with Gasteiger partial charge in [-0.2, -0.15) is 0 Å². The Labute approximate surface area is 155 Å². The third-order valence-corrected chi connectivity index (χ3v) is 5.38. The van der Waals surface area contributed by atoms with Crippen molar-refractivity contribution in [2.75, 3.05) is 6.54 Å². The van der Waals surface area contributed by atoms with Crippen LogP contribution in [0, 0.1) is 0 Å². The molecule has 1 N–H and O–H groups in total. The minimum absolute atomic E-state index is 0.182. The van der Waals surface area contributed by atoms with Gasteiger partial charge in [0.2, 0.25) is 5.91 Å². The van der Waals surface area contributed by atoms with Gasteiger partial charge in [0.1, 0.15) is 0 Å². The number of amides is 1. The smallest absolute Gasteiger partial charge is 0.335 e. The molecule has 0 radical (unpaired) electrons. The number of likely N-dealkylation sites (tertiary alicyclic amines) is 1. The number of carboxylic acid groups (broad SMARTS) is 1. The van der Waals surface area contributed by atoms with Crippen LogP contribution in [0.5, 0.6) is 0 Å². The highest BCUT2D eigenvalue weighted by Crippen LogP contribution is 2.24. The second-order valence-corrected chi connectivity index (χ2v) is 7.22. The van der Waals surface area contributed by atoms with Gasteiger partial charge in [0, 0.05) is 13.0 Å². The summed E-state index contributed by atoms with van der Waals surface area (Å²) >= 11 is 0. The van der Waals surface area contributed by atoms with Crippen LogP contribution in [0.15, 0.2) is 48.1 Å². The monoisotopic (exact) mass is 353 g/mol. The lowest BCUT2D eigenvalue weighted by atomic mass is 9.94. The quantitative estimate of drug-likeness (QED) is 0.826. The topological polar surface area (TPSA) is 57.6 Å². The number of carbonyl (C=O) groups is 2. The van der Waals surface area contributed by atoms with Crippen LogP contribution in [-0.2, 0) is 11.2 Å². The van der Waals surface area contributed by atoms with E-state index in [1.165, 1.54) is 37.7 Å². The van der Waals surface area contributed by atoms with Gasteiger partial charge >= 0.3 is 5.97 Å². The number of aromatic carboxylic acids is 1. The van der Waals surface area contributed by atoms with Crippen molar-refractivity contribution in [3.05, 3.63) is 59.2 Å². The first-order valence-electron chi connectivity index (χ1n) is 9.61. The van der Waals surface area contributed by atoms with E-state index in [0.29, 0.717) is 18.5 Å². The Morgan fingerprint density at radius 3 is 2.54 bits per heavy atom. The van der Waals surface area contributed by atoms with Crippen molar-refractivity contribution in [1.29, 1.82) is 0 Å². The van der Waals surface area contributed by atoms with E-state index in [9.17, 15) is 9.59 Å². The molecule has 0 spiro atoms. The number of carboxylic acids is 1. The fourth-order valence-corrected chi connectivity index (χ4v) is 3.80. The third kappa shape index (κ3) is 4.84. The molecule has 2 aliphatic rings. The zero-order chi connectivity index (χ0) is 18.4. The van der Waals surface area contributed by atoms with Crippen molar-refractivity contribution in [3.8, 4) is 0 Å².